The summed E-state index contributed by atoms with van der Waals surface area (Å²) in [4.78, 5) is 15.1. The van der Waals surface area contributed by atoms with Crippen LogP contribution in [0.4, 0.5) is 5.95 Å². The third-order valence-corrected chi connectivity index (χ3v) is 6.38. The van der Waals surface area contributed by atoms with E-state index < -0.39 is 0 Å². The topological polar surface area (TPSA) is 64.5 Å². The van der Waals surface area contributed by atoms with Crippen LogP contribution in [0.1, 0.15) is 12.0 Å². The largest absolute Gasteiger partial charge is 0.507 e. The minimum absolute atomic E-state index is 0.314. The molecular formula is C21H27N5OS. The van der Waals surface area contributed by atoms with E-state index in [1.165, 1.54) is 0 Å². The van der Waals surface area contributed by atoms with Gasteiger partial charge in [-0.25, -0.2) is 9.97 Å². The molecule has 0 atom stereocenters. The number of rotatable bonds is 6. The monoisotopic (exact) mass is 397 g/mol. The number of aryl methyl sites for hydroxylation is 1. The Labute approximate surface area is 169 Å². The lowest BCUT2D eigenvalue weighted by Crippen LogP contribution is -2.44. The highest BCUT2D eigenvalue weighted by Crippen LogP contribution is 2.37. The normalized spacial score (nSPS) is 15.9. The molecular weight excluding hydrogens is 370 g/mol. The molecule has 2 aromatic heterocycles. The van der Waals surface area contributed by atoms with Crippen molar-refractivity contribution in [3.8, 4) is 16.3 Å². The van der Waals surface area contributed by atoms with Crippen molar-refractivity contribution < 1.29 is 5.11 Å². The SMILES string of the molecule is Cc1cnc(NCCCN2CCN(C)CC2)nc1-c1cc2c(O)cccc2s1. The summed E-state index contributed by atoms with van der Waals surface area (Å²) in [6.07, 6.45) is 2.95. The Kier molecular flexibility index (Phi) is 5.75. The van der Waals surface area contributed by atoms with E-state index in [4.69, 9.17) is 4.98 Å². The Hall–Kier alpha value is -2.22. The van der Waals surface area contributed by atoms with E-state index in [0.717, 1.165) is 71.9 Å². The molecule has 0 saturated carbocycles. The first kappa shape index (κ1) is 19.1. The van der Waals surface area contributed by atoms with E-state index in [2.05, 4.69) is 27.1 Å². The molecule has 0 bridgehead atoms. The number of benzene rings is 1. The van der Waals surface area contributed by atoms with Gasteiger partial charge in [0.25, 0.3) is 0 Å². The molecule has 7 heteroatoms. The fourth-order valence-corrected chi connectivity index (χ4v) is 4.65. The average Bonchev–Trinajstić information content (AvgIpc) is 3.13. The van der Waals surface area contributed by atoms with Crippen molar-refractivity contribution in [2.75, 3.05) is 51.6 Å². The van der Waals surface area contributed by atoms with Gasteiger partial charge in [-0.1, -0.05) is 6.07 Å². The number of hydrogen-bond acceptors (Lipinski definition) is 7. The highest BCUT2D eigenvalue weighted by Gasteiger charge is 2.14. The van der Waals surface area contributed by atoms with Crippen LogP contribution in [0.2, 0.25) is 0 Å². The van der Waals surface area contributed by atoms with Gasteiger partial charge in [-0.15, -0.1) is 11.3 Å². The lowest BCUT2D eigenvalue weighted by molar-refractivity contribution is 0.154. The van der Waals surface area contributed by atoms with Gasteiger partial charge < -0.3 is 20.2 Å². The molecule has 0 aliphatic carbocycles. The van der Waals surface area contributed by atoms with Gasteiger partial charge in [0.2, 0.25) is 5.95 Å². The number of piperazine rings is 1. The van der Waals surface area contributed by atoms with Crippen molar-refractivity contribution in [2.24, 2.45) is 0 Å². The second kappa shape index (κ2) is 8.43. The van der Waals surface area contributed by atoms with Crippen LogP contribution in [-0.2, 0) is 0 Å². The summed E-state index contributed by atoms with van der Waals surface area (Å²) < 4.78 is 1.06. The molecule has 2 N–H and O–H groups in total. The first-order valence-corrected chi connectivity index (χ1v) is 10.6. The number of anilines is 1. The number of likely N-dealkylation sites (N-methyl/N-ethyl adjacent to an activating group) is 1. The van der Waals surface area contributed by atoms with Crippen LogP contribution in [0, 0.1) is 6.92 Å². The molecule has 1 fully saturated rings. The maximum atomic E-state index is 10.1. The van der Waals surface area contributed by atoms with Gasteiger partial charge in [-0.2, -0.15) is 0 Å². The summed E-state index contributed by atoms with van der Waals surface area (Å²) in [5.41, 5.74) is 1.96. The van der Waals surface area contributed by atoms with Gasteiger partial charge in [0, 0.05) is 49.0 Å². The number of fused-ring (bicyclic) bond motifs is 1. The van der Waals surface area contributed by atoms with E-state index in [1.807, 2.05) is 31.3 Å². The lowest BCUT2D eigenvalue weighted by atomic mass is 10.2. The third-order valence-electron chi connectivity index (χ3n) is 5.27. The number of hydrogen-bond donors (Lipinski definition) is 2. The van der Waals surface area contributed by atoms with Gasteiger partial charge in [0.05, 0.1) is 10.6 Å². The Balaban J connectivity index is 1.40. The van der Waals surface area contributed by atoms with E-state index in [1.54, 1.807) is 17.4 Å². The zero-order valence-corrected chi connectivity index (χ0v) is 17.3. The van der Waals surface area contributed by atoms with E-state index in [9.17, 15) is 5.11 Å². The van der Waals surface area contributed by atoms with E-state index in [-0.39, 0.29) is 0 Å². The van der Waals surface area contributed by atoms with Crippen LogP contribution in [0.15, 0.2) is 30.5 Å². The van der Waals surface area contributed by atoms with Crippen LogP contribution in [0.3, 0.4) is 0 Å². The highest BCUT2D eigenvalue weighted by atomic mass is 32.1. The predicted molar refractivity (Wildman–Crippen MR) is 116 cm³/mol. The molecule has 1 aliphatic rings. The van der Waals surface area contributed by atoms with Crippen LogP contribution < -0.4 is 5.32 Å². The molecule has 0 amide bonds. The minimum Gasteiger partial charge on any atom is -0.507 e. The lowest BCUT2D eigenvalue weighted by Gasteiger charge is -2.32. The highest BCUT2D eigenvalue weighted by molar-refractivity contribution is 7.22. The maximum Gasteiger partial charge on any atom is 0.223 e. The number of aromatic nitrogens is 2. The molecule has 6 nitrogen and oxygen atoms in total. The van der Waals surface area contributed by atoms with Crippen LogP contribution in [0.5, 0.6) is 5.75 Å². The van der Waals surface area contributed by atoms with Crippen molar-refractivity contribution in [3.63, 3.8) is 0 Å². The smallest absolute Gasteiger partial charge is 0.223 e. The van der Waals surface area contributed by atoms with E-state index in [0.29, 0.717) is 11.7 Å². The minimum atomic E-state index is 0.314. The van der Waals surface area contributed by atoms with Crippen molar-refractivity contribution in [2.45, 2.75) is 13.3 Å². The Morgan fingerprint density at radius 2 is 2.04 bits per heavy atom. The van der Waals surface area contributed by atoms with Crippen LogP contribution in [-0.4, -0.2) is 71.2 Å². The number of aromatic hydroxyl groups is 1. The van der Waals surface area contributed by atoms with Crippen LogP contribution in [0.25, 0.3) is 20.7 Å². The standard InChI is InChI=1S/C21H27N5OS/c1-15-14-23-21(22-7-4-8-26-11-9-25(2)10-12-26)24-20(15)19-13-16-17(27)5-3-6-18(16)28-19/h3,5-6,13-14,27H,4,7-12H2,1-2H3,(H,22,23,24). The molecule has 148 valence electrons. The molecule has 1 aromatic carbocycles. The first-order valence-electron chi connectivity index (χ1n) is 9.80. The van der Waals surface area contributed by atoms with Gasteiger partial charge in [0.1, 0.15) is 5.75 Å². The predicted octanol–water partition coefficient (Wildman–Crippen LogP) is 3.42. The van der Waals surface area contributed by atoms with Gasteiger partial charge in [-0.3, -0.25) is 0 Å². The first-order chi connectivity index (χ1) is 13.6. The van der Waals surface area contributed by atoms with E-state index >= 15 is 0 Å². The fourth-order valence-electron chi connectivity index (χ4n) is 3.51. The third kappa shape index (κ3) is 4.27. The Bertz CT molecular complexity index is 949. The molecule has 1 saturated heterocycles. The molecule has 4 rings (SSSR count). The second-order valence-electron chi connectivity index (χ2n) is 7.45. The van der Waals surface area contributed by atoms with Crippen LogP contribution >= 0.6 is 11.3 Å². The second-order valence-corrected chi connectivity index (χ2v) is 8.53. The summed E-state index contributed by atoms with van der Waals surface area (Å²) in [6.45, 7) is 8.61. The number of phenols is 1. The summed E-state index contributed by atoms with van der Waals surface area (Å²) in [7, 11) is 2.18. The maximum absolute atomic E-state index is 10.1. The number of thiophene rings is 1. The Morgan fingerprint density at radius 1 is 1.21 bits per heavy atom. The number of nitrogens with zero attached hydrogens (tertiary/aromatic N) is 4. The summed E-state index contributed by atoms with van der Waals surface area (Å²) in [5.74, 6) is 0.981. The number of phenolic OH excluding ortho intramolecular Hbond substituents is 1. The fraction of sp³-hybridized carbons (Fsp3) is 0.429. The van der Waals surface area contributed by atoms with Crippen molar-refractivity contribution in [3.05, 3.63) is 36.0 Å². The summed E-state index contributed by atoms with van der Waals surface area (Å²) in [5, 5.41) is 14.3. The van der Waals surface area contributed by atoms with Gasteiger partial charge >= 0.3 is 0 Å². The quantitative estimate of drug-likeness (QED) is 0.622. The zero-order chi connectivity index (χ0) is 19.5. The van der Waals surface area contributed by atoms with Crippen molar-refractivity contribution in [1.29, 1.82) is 0 Å². The van der Waals surface area contributed by atoms with Crippen molar-refractivity contribution >= 4 is 27.4 Å². The zero-order valence-electron chi connectivity index (χ0n) is 16.5. The average molecular weight is 398 g/mol. The molecule has 28 heavy (non-hydrogen) atoms. The Morgan fingerprint density at radius 3 is 2.82 bits per heavy atom. The molecule has 3 heterocycles. The van der Waals surface area contributed by atoms with Gasteiger partial charge in [-0.05, 0) is 50.7 Å². The molecule has 3 aromatic rings. The molecule has 1 aliphatic heterocycles. The van der Waals surface area contributed by atoms with Crippen molar-refractivity contribution in [1.82, 2.24) is 19.8 Å². The molecule has 0 radical (unpaired) electrons. The summed E-state index contributed by atoms with van der Waals surface area (Å²) >= 11 is 1.65. The number of nitrogens with one attached hydrogen (secondary N) is 1. The molecule has 0 spiro atoms. The van der Waals surface area contributed by atoms with Gasteiger partial charge in [0.15, 0.2) is 0 Å². The molecule has 0 unspecified atom stereocenters. The summed E-state index contributed by atoms with van der Waals surface area (Å²) in [6, 6.07) is 7.64.